The molecule has 2 aromatic rings. The first-order valence-electron chi connectivity index (χ1n) is 6.15. The molecule has 3 nitrogen and oxygen atoms in total. The molecule has 0 aliphatic rings. The summed E-state index contributed by atoms with van der Waals surface area (Å²) in [6.45, 7) is 3.03. The molecule has 0 spiro atoms. The Morgan fingerprint density at radius 2 is 2.28 bits per heavy atom. The standard InChI is InChI=1S/C14H18ClN3/c1-3-16-13(10-14-17-7-8-18(14)2)11-5-4-6-12(15)9-11/h4-9,13,16H,3,10H2,1-2H3. The van der Waals surface area contributed by atoms with Crippen LogP contribution in [0, 0.1) is 0 Å². The van der Waals surface area contributed by atoms with Gasteiger partial charge in [0.15, 0.2) is 0 Å². The van der Waals surface area contributed by atoms with Crippen molar-refractivity contribution in [2.24, 2.45) is 7.05 Å². The molecule has 0 bridgehead atoms. The van der Waals surface area contributed by atoms with Crippen molar-refractivity contribution in [1.82, 2.24) is 14.9 Å². The molecule has 0 radical (unpaired) electrons. The summed E-state index contributed by atoms with van der Waals surface area (Å²) < 4.78 is 2.05. The van der Waals surface area contributed by atoms with E-state index >= 15 is 0 Å². The van der Waals surface area contributed by atoms with Gasteiger partial charge in [-0.15, -0.1) is 0 Å². The number of hydrogen-bond acceptors (Lipinski definition) is 2. The van der Waals surface area contributed by atoms with Crippen molar-refractivity contribution in [2.45, 2.75) is 19.4 Å². The van der Waals surface area contributed by atoms with E-state index in [0.29, 0.717) is 0 Å². The quantitative estimate of drug-likeness (QED) is 0.899. The van der Waals surface area contributed by atoms with Gasteiger partial charge in [0.25, 0.3) is 0 Å². The van der Waals surface area contributed by atoms with Crippen LogP contribution in [0.2, 0.25) is 5.02 Å². The number of hydrogen-bond donors (Lipinski definition) is 1. The summed E-state index contributed by atoms with van der Waals surface area (Å²) in [6.07, 6.45) is 4.66. The molecule has 0 fully saturated rings. The second kappa shape index (κ2) is 6.03. The monoisotopic (exact) mass is 263 g/mol. The number of halogens is 1. The van der Waals surface area contributed by atoms with Gasteiger partial charge in [-0.05, 0) is 24.2 Å². The van der Waals surface area contributed by atoms with Gasteiger partial charge in [0.05, 0.1) is 0 Å². The molecule has 2 rings (SSSR count). The molecule has 0 amide bonds. The summed E-state index contributed by atoms with van der Waals surface area (Å²) in [5.41, 5.74) is 1.20. The highest BCUT2D eigenvalue weighted by Gasteiger charge is 2.13. The van der Waals surface area contributed by atoms with Gasteiger partial charge in [0, 0.05) is 36.9 Å². The van der Waals surface area contributed by atoms with Crippen molar-refractivity contribution in [3.8, 4) is 0 Å². The Morgan fingerprint density at radius 1 is 1.44 bits per heavy atom. The molecule has 1 aromatic heterocycles. The molecular formula is C14H18ClN3. The van der Waals surface area contributed by atoms with Crippen LogP contribution in [-0.2, 0) is 13.5 Å². The van der Waals surface area contributed by atoms with Crippen molar-refractivity contribution in [3.63, 3.8) is 0 Å². The van der Waals surface area contributed by atoms with E-state index < -0.39 is 0 Å². The fourth-order valence-electron chi connectivity index (χ4n) is 2.05. The summed E-state index contributed by atoms with van der Waals surface area (Å²) in [7, 11) is 2.02. The summed E-state index contributed by atoms with van der Waals surface area (Å²) >= 11 is 6.05. The predicted molar refractivity (Wildman–Crippen MR) is 74.8 cm³/mol. The van der Waals surface area contributed by atoms with E-state index in [4.69, 9.17) is 11.6 Å². The number of imidazole rings is 1. The number of likely N-dealkylation sites (N-methyl/N-ethyl adjacent to an activating group) is 1. The Bertz CT molecular complexity index is 507. The van der Waals surface area contributed by atoms with Crippen LogP contribution in [-0.4, -0.2) is 16.1 Å². The molecule has 0 aliphatic heterocycles. The van der Waals surface area contributed by atoms with Gasteiger partial charge in [-0.25, -0.2) is 4.98 Å². The van der Waals surface area contributed by atoms with Crippen molar-refractivity contribution in [1.29, 1.82) is 0 Å². The summed E-state index contributed by atoms with van der Waals surface area (Å²) in [6, 6.07) is 8.24. The first-order valence-corrected chi connectivity index (χ1v) is 6.53. The minimum Gasteiger partial charge on any atom is -0.338 e. The lowest BCUT2D eigenvalue weighted by atomic mass is 10.0. The van der Waals surface area contributed by atoms with Gasteiger partial charge >= 0.3 is 0 Å². The van der Waals surface area contributed by atoms with E-state index in [1.807, 2.05) is 37.6 Å². The van der Waals surface area contributed by atoms with E-state index in [1.165, 1.54) is 5.56 Å². The molecule has 1 aromatic carbocycles. The second-order valence-corrected chi connectivity index (χ2v) is 4.76. The first-order chi connectivity index (χ1) is 8.70. The van der Waals surface area contributed by atoms with Crippen LogP contribution in [0.5, 0.6) is 0 Å². The molecule has 0 saturated heterocycles. The number of rotatable bonds is 5. The predicted octanol–water partition coefficient (Wildman–Crippen LogP) is 2.97. The van der Waals surface area contributed by atoms with Crippen LogP contribution in [0.1, 0.15) is 24.4 Å². The van der Waals surface area contributed by atoms with E-state index in [1.54, 1.807) is 0 Å². The normalized spacial score (nSPS) is 12.6. The highest BCUT2D eigenvalue weighted by Crippen LogP contribution is 2.20. The summed E-state index contributed by atoms with van der Waals surface area (Å²) in [5.74, 6) is 1.07. The zero-order valence-electron chi connectivity index (χ0n) is 10.7. The smallest absolute Gasteiger partial charge is 0.110 e. The maximum absolute atomic E-state index is 6.05. The first kappa shape index (κ1) is 13.1. The summed E-state index contributed by atoms with van der Waals surface area (Å²) in [4.78, 5) is 4.38. The molecule has 1 unspecified atom stereocenters. The maximum atomic E-state index is 6.05. The Balaban J connectivity index is 2.20. The highest BCUT2D eigenvalue weighted by atomic mass is 35.5. The molecular weight excluding hydrogens is 246 g/mol. The summed E-state index contributed by atoms with van der Waals surface area (Å²) in [5, 5.41) is 4.25. The zero-order valence-corrected chi connectivity index (χ0v) is 11.5. The fraction of sp³-hybridized carbons (Fsp3) is 0.357. The van der Waals surface area contributed by atoms with Crippen molar-refractivity contribution >= 4 is 11.6 Å². The molecule has 1 heterocycles. The van der Waals surface area contributed by atoms with Crippen LogP contribution in [0.25, 0.3) is 0 Å². The van der Waals surface area contributed by atoms with Crippen molar-refractivity contribution in [3.05, 3.63) is 53.1 Å². The van der Waals surface area contributed by atoms with Gasteiger partial charge in [-0.2, -0.15) is 0 Å². The SMILES string of the molecule is CCNC(Cc1nccn1C)c1cccc(Cl)c1. The third-order valence-electron chi connectivity index (χ3n) is 3.01. The van der Waals surface area contributed by atoms with Crippen molar-refractivity contribution < 1.29 is 0 Å². The van der Waals surface area contributed by atoms with Crippen molar-refractivity contribution in [2.75, 3.05) is 6.54 Å². The number of nitrogens with zero attached hydrogens (tertiary/aromatic N) is 2. The van der Waals surface area contributed by atoms with Crippen LogP contribution in [0.15, 0.2) is 36.7 Å². The number of benzene rings is 1. The molecule has 18 heavy (non-hydrogen) atoms. The Morgan fingerprint density at radius 3 is 2.89 bits per heavy atom. The number of aromatic nitrogens is 2. The number of nitrogens with one attached hydrogen (secondary N) is 1. The topological polar surface area (TPSA) is 29.9 Å². The van der Waals surface area contributed by atoms with E-state index in [-0.39, 0.29) is 6.04 Å². The Hall–Kier alpha value is -1.32. The average Bonchev–Trinajstić information content (AvgIpc) is 2.74. The lowest BCUT2D eigenvalue weighted by molar-refractivity contribution is 0.529. The van der Waals surface area contributed by atoms with Crippen LogP contribution in [0.4, 0.5) is 0 Å². The van der Waals surface area contributed by atoms with E-state index in [0.717, 1.165) is 23.8 Å². The fourth-order valence-corrected chi connectivity index (χ4v) is 2.25. The Labute approximate surface area is 113 Å². The molecule has 0 saturated carbocycles. The largest absolute Gasteiger partial charge is 0.338 e. The lowest BCUT2D eigenvalue weighted by Gasteiger charge is -2.18. The molecule has 1 N–H and O–H groups in total. The second-order valence-electron chi connectivity index (χ2n) is 4.32. The van der Waals surface area contributed by atoms with E-state index in [9.17, 15) is 0 Å². The molecule has 1 atom stereocenters. The van der Waals surface area contributed by atoms with Gasteiger partial charge in [0.2, 0.25) is 0 Å². The maximum Gasteiger partial charge on any atom is 0.110 e. The molecule has 96 valence electrons. The minimum atomic E-state index is 0.245. The third kappa shape index (κ3) is 3.12. The highest BCUT2D eigenvalue weighted by molar-refractivity contribution is 6.30. The third-order valence-corrected chi connectivity index (χ3v) is 3.24. The van der Waals surface area contributed by atoms with Crippen LogP contribution in [0.3, 0.4) is 0 Å². The van der Waals surface area contributed by atoms with E-state index in [2.05, 4.69) is 27.9 Å². The van der Waals surface area contributed by atoms with Gasteiger partial charge < -0.3 is 9.88 Å². The number of aryl methyl sites for hydroxylation is 1. The van der Waals surface area contributed by atoms with Crippen LogP contribution >= 0.6 is 11.6 Å². The lowest BCUT2D eigenvalue weighted by Crippen LogP contribution is -2.24. The molecule has 0 aliphatic carbocycles. The van der Waals surface area contributed by atoms with Gasteiger partial charge in [-0.3, -0.25) is 0 Å². The molecule has 4 heteroatoms. The average molecular weight is 264 g/mol. The Kier molecular flexibility index (Phi) is 4.39. The van der Waals surface area contributed by atoms with Gasteiger partial charge in [0.1, 0.15) is 5.82 Å². The van der Waals surface area contributed by atoms with Gasteiger partial charge in [-0.1, -0.05) is 30.7 Å². The zero-order chi connectivity index (χ0) is 13.0. The van der Waals surface area contributed by atoms with Crippen LogP contribution < -0.4 is 5.32 Å². The minimum absolute atomic E-state index is 0.245.